The number of fused-ring (bicyclic) bond motifs is 3. The number of nitrogens with zero attached hydrogens (tertiary/aromatic N) is 5. The Morgan fingerprint density at radius 1 is 1.12 bits per heavy atom. The van der Waals surface area contributed by atoms with Gasteiger partial charge in [-0.25, -0.2) is 27.7 Å². The lowest BCUT2D eigenvalue weighted by Crippen LogP contribution is -2.43. The molecule has 2 aliphatic rings. The summed E-state index contributed by atoms with van der Waals surface area (Å²) in [6.07, 6.45) is 4.44. The first kappa shape index (κ1) is 20.4. The van der Waals surface area contributed by atoms with Crippen molar-refractivity contribution in [2.75, 3.05) is 47.2 Å². The van der Waals surface area contributed by atoms with E-state index in [9.17, 15) is 8.42 Å². The molecule has 1 aromatic carbocycles. The number of aromatic nitrogens is 3. The fourth-order valence-corrected chi connectivity index (χ4v) is 5.43. The second kappa shape index (κ2) is 8.21. The van der Waals surface area contributed by atoms with Crippen LogP contribution in [0, 0.1) is 0 Å². The molecule has 1 fully saturated rings. The number of hydrogen-bond donors (Lipinski definition) is 2. The summed E-state index contributed by atoms with van der Waals surface area (Å²) in [6, 6.07) is 11.6. The Balaban J connectivity index is 1.46. The molecule has 10 heteroatoms. The van der Waals surface area contributed by atoms with Crippen LogP contribution >= 0.6 is 0 Å². The topological polar surface area (TPSA) is 103 Å². The van der Waals surface area contributed by atoms with Gasteiger partial charge in [0.05, 0.1) is 12.7 Å². The molecule has 2 N–H and O–H groups in total. The summed E-state index contributed by atoms with van der Waals surface area (Å²) in [5, 5.41) is 6.53. The Kier molecular flexibility index (Phi) is 5.24. The fraction of sp³-hybridized carbons (Fsp3) is 0.227. The van der Waals surface area contributed by atoms with Gasteiger partial charge in [0.15, 0.2) is 5.82 Å². The number of piperazine rings is 1. The Morgan fingerprint density at radius 2 is 1.91 bits per heavy atom. The fourth-order valence-electron chi connectivity index (χ4n) is 3.94. The molecule has 2 aliphatic heterocycles. The predicted molar refractivity (Wildman–Crippen MR) is 125 cm³/mol. The minimum atomic E-state index is -3.83. The van der Waals surface area contributed by atoms with Crippen LogP contribution in [-0.2, 0) is 10.0 Å². The van der Waals surface area contributed by atoms with Gasteiger partial charge in [-0.3, -0.25) is 0 Å². The normalized spacial score (nSPS) is 16.8. The number of anilines is 4. The first-order valence-corrected chi connectivity index (χ1v) is 11.8. The van der Waals surface area contributed by atoms with E-state index in [4.69, 9.17) is 0 Å². The monoisotopic (exact) mass is 449 g/mol. The number of hydrogen-bond acceptors (Lipinski definition) is 8. The highest BCUT2D eigenvalue weighted by atomic mass is 32.2. The summed E-state index contributed by atoms with van der Waals surface area (Å²) in [7, 11) is -3.83. The second-order valence-electron chi connectivity index (χ2n) is 7.51. The molecule has 9 nitrogen and oxygen atoms in total. The largest absolute Gasteiger partial charge is 0.369 e. The highest BCUT2D eigenvalue weighted by Crippen LogP contribution is 2.40. The molecular formula is C22H23N7O2S. The summed E-state index contributed by atoms with van der Waals surface area (Å²) < 4.78 is 27.5. The second-order valence-corrected chi connectivity index (χ2v) is 9.35. The predicted octanol–water partition coefficient (Wildman–Crippen LogP) is 2.39. The average molecular weight is 450 g/mol. The molecule has 4 heterocycles. The van der Waals surface area contributed by atoms with E-state index in [0.717, 1.165) is 37.6 Å². The van der Waals surface area contributed by atoms with Gasteiger partial charge in [0.2, 0.25) is 5.95 Å². The van der Waals surface area contributed by atoms with Crippen LogP contribution in [0.3, 0.4) is 0 Å². The molecule has 0 aliphatic carbocycles. The van der Waals surface area contributed by atoms with E-state index in [1.165, 1.54) is 16.6 Å². The van der Waals surface area contributed by atoms with E-state index in [2.05, 4.69) is 49.2 Å². The van der Waals surface area contributed by atoms with Crippen LogP contribution in [0.15, 0.2) is 66.3 Å². The average Bonchev–Trinajstić information content (AvgIpc) is 2.83. The van der Waals surface area contributed by atoms with Crippen molar-refractivity contribution in [1.82, 2.24) is 20.3 Å². The van der Waals surface area contributed by atoms with E-state index in [-0.39, 0.29) is 11.4 Å². The van der Waals surface area contributed by atoms with Crippen LogP contribution < -0.4 is 19.8 Å². The Labute approximate surface area is 186 Å². The minimum Gasteiger partial charge on any atom is -0.369 e. The lowest BCUT2D eigenvalue weighted by molar-refractivity contribution is 0.589. The van der Waals surface area contributed by atoms with Crippen LogP contribution in [0.5, 0.6) is 0 Å². The van der Waals surface area contributed by atoms with Crippen molar-refractivity contribution < 1.29 is 8.42 Å². The molecule has 0 amide bonds. The quantitative estimate of drug-likeness (QED) is 0.573. The van der Waals surface area contributed by atoms with Crippen LogP contribution in [0.4, 0.5) is 23.1 Å². The highest BCUT2D eigenvalue weighted by molar-refractivity contribution is 7.93. The van der Waals surface area contributed by atoms with E-state index in [1.54, 1.807) is 12.3 Å². The number of benzene rings is 1. The molecule has 0 atom stereocenters. The summed E-state index contributed by atoms with van der Waals surface area (Å²) >= 11 is 0. The van der Waals surface area contributed by atoms with Gasteiger partial charge in [-0.2, -0.15) is 0 Å². The van der Waals surface area contributed by atoms with Gasteiger partial charge >= 0.3 is 0 Å². The zero-order valence-electron chi connectivity index (χ0n) is 17.4. The third-order valence-electron chi connectivity index (χ3n) is 5.50. The molecule has 2 aromatic heterocycles. The molecule has 0 radical (unpaired) electrons. The maximum atomic E-state index is 13.1. The van der Waals surface area contributed by atoms with E-state index >= 15 is 0 Å². The third-order valence-corrected chi connectivity index (χ3v) is 7.26. The van der Waals surface area contributed by atoms with Gasteiger partial charge in [0, 0.05) is 49.3 Å². The van der Waals surface area contributed by atoms with Gasteiger partial charge in [-0.05, 0) is 36.4 Å². The number of rotatable bonds is 5. The number of pyridine rings is 1. The summed E-state index contributed by atoms with van der Waals surface area (Å²) in [4.78, 5) is 15.5. The van der Waals surface area contributed by atoms with Crippen LogP contribution in [-0.4, -0.2) is 56.1 Å². The van der Waals surface area contributed by atoms with Crippen molar-refractivity contribution in [1.29, 1.82) is 0 Å². The van der Waals surface area contributed by atoms with Crippen LogP contribution in [0.2, 0.25) is 0 Å². The maximum Gasteiger partial charge on any atom is 0.269 e. The molecule has 5 rings (SSSR count). The molecular weight excluding hydrogens is 426 g/mol. The molecule has 32 heavy (non-hydrogen) atoms. The Morgan fingerprint density at radius 3 is 2.66 bits per heavy atom. The van der Waals surface area contributed by atoms with E-state index < -0.39 is 10.0 Å². The Bertz CT molecular complexity index is 1260. The van der Waals surface area contributed by atoms with Crippen LogP contribution in [0.25, 0.3) is 11.3 Å². The minimum absolute atomic E-state index is 0.0551. The van der Waals surface area contributed by atoms with Crippen molar-refractivity contribution in [2.45, 2.75) is 4.90 Å². The van der Waals surface area contributed by atoms with Gasteiger partial charge in [-0.15, -0.1) is 6.58 Å². The molecule has 164 valence electrons. The molecule has 3 aromatic rings. The van der Waals surface area contributed by atoms with Gasteiger partial charge in [0.25, 0.3) is 10.0 Å². The highest BCUT2D eigenvalue weighted by Gasteiger charge is 2.36. The first-order valence-electron chi connectivity index (χ1n) is 10.4. The van der Waals surface area contributed by atoms with Crippen molar-refractivity contribution in [3.63, 3.8) is 0 Å². The molecule has 0 spiro atoms. The summed E-state index contributed by atoms with van der Waals surface area (Å²) in [6.45, 7) is 7.69. The molecule has 0 bridgehead atoms. The zero-order valence-corrected chi connectivity index (χ0v) is 18.2. The van der Waals surface area contributed by atoms with Gasteiger partial charge < -0.3 is 15.5 Å². The zero-order chi connectivity index (χ0) is 22.1. The number of nitrogens with one attached hydrogen (secondary N) is 2. The Hall–Kier alpha value is -3.50. The summed E-state index contributed by atoms with van der Waals surface area (Å²) in [5.74, 6) is 0.658. The molecule has 1 saturated heterocycles. The standard InChI is InChI=1S/C22H23N7O2S/c1-2-12-29-21-18(4-3-9-24-21)20-19(32(29,30)31)15-25-22(27-20)26-16-5-7-17(8-6-16)28-13-10-23-11-14-28/h2-9,15,23H,1,10-14H2,(H,25,26,27). The van der Waals surface area contributed by atoms with E-state index in [0.29, 0.717) is 23.0 Å². The van der Waals surface area contributed by atoms with Gasteiger partial charge in [0.1, 0.15) is 10.6 Å². The summed E-state index contributed by atoms with van der Waals surface area (Å²) in [5.41, 5.74) is 2.96. The number of sulfonamides is 1. The van der Waals surface area contributed by atoms with Crippen molar-refractivity contribution in [2.24, 2.45) is 0 Å². The smallest absolute Gasteiger partial charge is 0.269 e. The first-order chi connectivity index (χ1) is 15.6. The third kappa shape index (κ3) is 3.57. The molecule has 0 saturated carbocycles. The lowest BCUT2D eigenvalue weighted by atomic mass is 10.1. The van der Waals surface area contributed by atoms with Gasteiger partial charge in [-0.1, -0.05) is 6.08 Å². The van der Waals surface area contributed by atoms with Crippen LogP contribution in [0.1, 0.15) is 0 Å². The maximum absolute atomic E-state index is 13.1. The van der Waals surface area contributed by atoms with E-state index in [1.807, 2.05) is 18.2 Å². The molecule has 0 unspecified atom stereocenters. The van der Waals surface area contributed by atoms with Crippen molar-refractivity contribution in [3.05, 3.63) is 61.4 Å². The SMILES string of the molecule is C=CCN1c2ncccc2-c2nc(Nc3ccc(N4CCNCC4)cc3)ncc2S1(=O)=O. The lowest BCUT2D eigenvalue weighted by Gasteiger charge is -2.29. The van der Waals surface area contributed by atoms with Crippen molar-refractivity contribution >= 4 is 33.2 Å². The van der Waals surface area contributed by atoms with Crippen molar-refractivity contribution in [3.8, 4) is 11.3 Å².